The van der Waals surface area contributed by atoms with Crippen LogP contribution < -0.4 is 14.8 Å². The third kappa shape index (κ3) is 3.66. The fourth-order valence-electron chi connectivity index (χ4n) is 3.85. The number of aromatic nitrogens is 7. The predicted molar refractivity (Wildman–Crippen MR) is 120 cm³/mol. The average molecular weight is 458 g/mol. The molecule has 6 rings (SSSR count). The first-order chi connectivity index (χ1) is 16.6. The van der Waals surface area contributed by atoms with Crippen LogP contribution in [0.15, 0.2) is 60.9 Å². The molecule has 1 aromatic carbocycles. The number of anilines is 2. The zero-order chi connectivity index (χ0) is 23.1. The number of hydrogen-bond donors (Lipinski definition) is 1. The Morgan fingerprint density at radius 1 is 1.09 bits per heavy atom. The highest BCUT2D eigenvalue weighted by Crippen LogP contribution is 2.33. The number of aryl methyl sites for hydroxylation is 1. The van der Waals surface area contributed by atoms with E-state index < -0.39 is 0 Å². The monoisotopic (exact) mass is 458 g/mol. The largest absolute Gasteiger partial charge is 0.482 e. The number of halogens is 1. The quantitative estimate of drug-likeness (QED) is 0.425. The van der Waals surface area contributed by atoms with E-state index in [1.165, 1.54) is 12.1 Å². The van der Waals surface area contributed by atoms with Crippen LogP contribution in [0.4, 0.5) is 16.2 Å². The third-order valence-corrected chi connectivity index (χ3v) is 5.52. The highest BCUT2D eigenvalue weighted by atomic mass is 19.1. The van der Waals surface area contributed by atoms with E-state index in [9.17, 15) is 4.39 Å². The van der Waals surface area contributed by atoms with Gasteiger partial charge in [0.05, 0.1) is 18.5 Å². The lowest BCUT2D eigenvalue weighted by molar-refractivity contribution is 0.166. The lowest BCUT2D eigenvalue weighted by Crippen LogP contribution is -2.11. The Kier molecular flexibility index (Phi) is 4.79. The van der Waals surface area contributed by atoms with Crippen LogP contribution in [0.5, 0.6) is 11.6 Å². The summed E-state index contributed by atoms with van der Waals surface area (Å²) >= 11 is 0. The maximum absolute atomic E-state index is 13.3. The van der Waals surface area contributed by atoms with Crippen molar-refractivity contribution < 1.29 is 13.9 Å². The molecule has 170 valence electrons. The first-order valence-electron chi connectivity index (χ1n) is 10.7. The molecule has 1 aliphatic heterocycles. The second-order valence-corrected chi connectivity index (χ2v) is 7.76. The zero-order valence-corrected chi connectivity index (χ0v) is 18.1. The van der Waals surface area contributed by atoms with Crippen molar-refractivity contribution in [2.75, 3.05) is 11.9 Å². The molecule has 0 amide bonds. The van der Waals surface area contributed by atoms with Crippen molar-refractivity contribution in [2.45, 2.75) is 12.5 Å². The Morgan fingerprint density at radius 2 is 1.97 bits per heavy atom. The van der Waals surface area contributed by atoms with Gasteiger partial charge < -0.3 is 14.8 Å². The molecule has 0 spiro atoms. The standard InChI is InChI=1S/C23H19FN8O2/c1-31-19(7-10-26-31)28-23-25-9-6-17(27-23)14-12-20-29-30-22-18(8-11-33-21(13-14)32(20)22)34-16-4-2-15(24)3-5-16/h2-7,9-10,12-13,18H,8,11H2,1H3,(H,25,27,28)/t18-/m0/s1. The van der Waals surface area contributed by atoms with Crippen LogP contribution in [0.3, 0.4) is 0 Å². The number of ether oxygens (including phenoxy) is 2. The smallest absolute Gasteiger partial charge is 0.228 e. The minimum Gasteiger partial charge on any atom is -0.482 e. The van der Waals surface area contributed by atoms with Crippen molar-refractivity contribution in [1.29, 1.82) is 0 Å². The maximum atomic E-state index is 13.3. The van der Waals surface area contributed by atoms with Crippen LogP contribution >= 0.6 is 0 Å². The normalized spacial score (nSPS) is 15.1. The summed E-state index contributed by atoms with van der Waals surface area (Å²) in [4.78, 5) is 8.94. The van der Waals surface area contributed by atoms with Gasteiger partial charge in [-0.1, -0.05) is 0 Å². The Morgan fingerprint density at radius 3 is 2.79 bits per heavy atom. The summed E-state index contributed by atoms with van der Waals surface area (Å²) < 4.78 is 28.9. The molecule has 5 aromatic rings. The number of pyridine rings is 1. The van der Waals surface area contributed by atoms with Gasteiger partial charge in [0.2, 0.25) is 11.8 Å². The molecule has 4 aromatic heterocycles. The van der Waals surface area contributed by atoms with Crippen LogP contribution in [0.2, 0.25) is 0 Å². The van der Waals surface area contributed by atoms with E-state index in [4.69, 9.17) is 9.47 Å². The van der Waals surface area contributed by atoms with Crippen molar-refractivity contribution in [1.82, 2.24) is 34.3 Å². The van der Waals surface area contributed by atoms with Crippen LogP contribution in [0, 0.1) is 5.82 Å². The summed E-state index contributed by atoms with van der Waals surface area (Å²) in [7, 11) is 1.83. The lowest BCUT2D eigenvalue weighted by Gasteiger charge is -2.15. The number of nitrogens with zero attached hydrogens (tertiary/aromatic N) is 7. The van der Waals surface area contributed by atoms with Gasteiger partial charge in [0.15, 0.2) is 17.6 Å². The van der Waals surface area contributed by atoms with Gasteiger partial charge in [-0.05, 0) is 36.4 Å². The summed E-state index contributed by atoms with van der Waals surface area (Å²) in [5.74, 6) is 2.68. The highest BCUT2D eigenvalue weighted by molar-refractivity contribution is 5.67. The van der Waals surface area contributed by atoms with E-state index in [1.807, 2.05) is 35.7 Å². The van der Waals surface area contributed by atoms with Gasteiger partial charge in [-0.2, -0.15) is 5.10 Å². The van der Waals surface area contributed by atoms with Crippen molar-refractivity contribution in [3.63, 3.8) is 0 Å². The number of rotatable bonds is 5. The fraction of sp³-hybridized carbons (Fsp3) is 0.174. The molecule has 0 fully saturated rings. The second kappa shape index (κ2) is 8.10. The zero-order valence-electron chi connectivity index (χ0n) is 18.1. The van der Waals surface area contributed by atoms with Gasteiger partial charge in [-0.3, -0.25) is 4.68 Å². The summed E-state index contributed by atoms with van der Waals surface area (Å²) in [6.45, 7) is 0.421. The number of benzene rings is 1. The molecular weight excluding hydrogens is 439 g/mol. The molecule has 0 aliphatic carbocycles. The topological polar surface area (TPSA) is 104 Å². The molecule has 11 heteroatoms. The van der Waals surface area contributed by atoms with E-state index in [0.717, 1.165) is 11.4 Å². The summed E-state index contributed by atoms with van der Waals surface area (Å²) in [6.07, 6.45) is 3.56. The SMILES string of the molecule is Cn1nccc1Nc1nccc(-c2cc3n4c(nnc4c2)[C@@H](Oc2ccc(F)cc2)CCO3)n1. The second-order valence-electron chi connectivity index (χ2n) is 7.76. The van der Waals surface area contributed by atoms with Crippen molar-refractivity contribution in [3.8, 4) is 22.9 Å². The Hall–Kier alpha value is -4.54. The number of nitrogens with one attached hydrogen (secondary N) is 1. The minimum atomic E-state index is -0.388. The molecule has 1 atom stereocenters. The first-order valence-corrected chi connectivity index (χ1v) is 10.7. The van der Waals surface area contributed by atoms with E-state index in [0.29, 0.717) is 47.8 Å². The molecule has 5 heterocycles. The molecule has 0 bridgehead atoms. The van der Waals surface area contributed by atoms with Crippen LogP contribution in [0.1, 0.15) is 18.3 Å². The first kappa shape index (κ1) is 20.1. The third-order valence-electron chi connectivity index (χ3n) is 5.52. The van der Waals surface area contributed by atoms with Gasteiger partial charge in [0.25, 0.3) is 0 Å². The van der Waals surface area contributed by atoms with E-state index in [-0.39, 0.29) is 11.9 Å². The van der Waals surface area contributed by atoms with Gasteiger partial charge in [0.1, 0.15) is 17.4 Å². The number of hydrogen-bond acceptors (Lipinski definition) is 8. The lowest BCUT2D eigenvalue weighted by atomic mass is 10.2. The Bertz CT molecular complexity index is 1480. The average Bonchev–Trinajstić information content (AvgIpc) is 3.41. The summed E-state index contributed by atoms with van der Waals surface area (Å²) in [5.41, 5.74) is 2.13. The maximum Gasteiger partial charge on any atom is 0.228 e. The Balaban J connectivity index is 1.34. The van der Waals surface area contributed by atoms with Crippen molar-refractivity contribution in [3.05, 3.63) is 72.6 Å². The molecule has 0 saturated carbocycles. The van der Waals surface area contributed by atoms with Crippen molar-refractivity contribution >= 4 is 17.4 Å². The minimum absolute atomic E-state index is 0.317. The molecule has 0 saturated heterocycles. The van der Waals surface area contributed by atoms with E-state index in [2.05, 4.69) is 30.6 Å². The van der Waals surface area contributed by atoms with E-state index in [1.54, 1.807) is 29.2 Å². The molecule has 0 unspecified atom stereocenters. The molecular formula is C23H19FN8O2. The Labute approximate surface area is 193 Å². The van der Waals surface area contributed by atoms with Gasteiger partial charge in [-0.15, -0.1) is 10.2 Å². The molecule has 34 heavy (non-hydrogen) atoms. The molecule has 1 N–H and O–H groups in total. The highest BCUT2D eigenvalue weighted by Gasteiger charge is 2.26. The van der Waals surface area contributed by atoms with Crippen molar-refractivity contribution in [2.24, 2.45) is 7.05 Å². The van der Waals surface area contributed by atoms with Gasteiger partial charge in [-0.25, -0.2) is 18.8 Å². The summed E-state index contributed by atoms with van der Waals surface area (Å²) in [6, 6.07) is 13.4. The predicted octanol–water partition coefficient (Wildman–Crippen LogP) is 3.71. The molecule has 10 nitrogen and oxygen atoms in total. The fourth-order valence-corrected chi connectivity index (χ4v) is 3.85. The van der Waals surface area contributed by atoms with E-state index >= 15 is 0 Å². The summed E-state index contributed by atoms with van der Waals surface area (Å²) in [5, 5.41) is 16.0. The molecule has 0 radical (unpaired) electrons. The van der Waals surface area contributed by atoms with Gasteiger partial charge >= 0.3 is 0 Å². The van der Waals surface area contributed by atoms with Gasteiger partial charge in [0, 0.05) is 37.4 Å². The van der Waals surface area contributed by atoms with Crippen LogP contribution in [-0.4, -0.2) is 41.0 Å². The molecule has 1 aliphatic rings. The van der Waals surface area contributed by atoms with Crippen LogP contribution in [0.25, 0.3) is 16.9 Å². The van der Waals surface area contributed by atoms with Crippen LogP contribution in [-0.2, 0) is 7.05 Å².